The van der Waals surface area contributed by atoms with E-state index < -0.39 is 5.97 Å². The van der Waals surface area contributed by atoms with Gasteiger partial charge >= 0.3 is 5.97 Å². The molecule has 0 atom stereocenters. The maximum absolute atomic E-state index is 10.2. The number of nitrogens with zero attached hydrogens (tertiary/aromatic N) is 1. The lowest BCUT2D eigenvalue weighted by molar-refractivity contribution is 0.0701. The van der Waals surface area contributed by atoms with Gasteiger partial charge in [0.05, 0.1) is 5.51 Å². The molecule has 0 spiro atoms. The zero-order chi connectivity index (χ0) is 6.85. The molecule has 48 valence electrons. The van der Waals surface area contributed by atoms with Gasteiger partial charge in [0.25, 0.3) is 0 Å². The van der Waals surface area contributed by atoms with Crippen LogP contribution < -0.4 is 0 Å². The normalized spacial score (nSPS) is 9.44. The van der Waals surface area contributed by atoms with Gasteiger partial charge in [0.1, 0.15) is 9.48 Å². The first-order valence-electron chi connectivity index (χ1n) is 2.04. The van der Waals surface area contributed by atoms with Crippen LogP contribution in [0.25, 0.3) is 0 Å². The van der Waals surface area contributed by atoms with Gasteiger partial charge in [-0.25, -0.2) is 9.78 Å². The molecule has 3 nitrogen and oxygen atoms in total. The van der Waals surface area contributed by atoms with Crippen molar-refractivity contribution in [3.63, 3.8) is 0 Å². The van der Waals surface area contributed by atoms with E-state index in [4.69, 9.17) is 5.11 Å². The van der Waals surface area contributed by atoms with Gasteiger partial charge in [0, 0.05) is 0 Å². The van der Waals surface area contributed by atoms with Crippen molar-refractivity contribution in [1.82, 2.24) is 4.98 Å². The Morgan fingerprint density at radius 3 is 2.78 bits per heavy atom. The summed E-state index contributed by atoms with van der Waals surface area (Å²) in [5.41, 5.74) is 1.48. The zero-order valence-corrected chi connectivity index (χ0v) is 6.57. The number of hydrogen-bond acceptors (Lipinski definition) is 3. The highest BCUT2D eigenvalue weighted by atomic mass is 79.9. The van der Waals surface area contributed by atoms with E-state index in [1.807, 2.05) is 0 Å². The second-order valence-corrected chi connectivity index (χ2v) is 2.88. The standard InChI is InChI=1S/C4H2BrNO2S/c5-3-2(4(7)8)9-1-6-3/h1H,(H,7,8). The van der Waals surface area contributed by atoms with Gasteiger partial charge in [0.2, 0.25) is 0 Å². The minimum Gasteiger partial charge on any atom is -0.477 e. The molecule has 5 heteroatoms. The van der Waals surface area contributed by atoms with E-state index in [0.29, 0.717) is 4.60 Å². The fraction of sp³-hybridized carbons (Fsp3) is 0. The first-order valence-corrected chi connectivity index (χ1v) is 3.71. The molecule has 0 aliphatic heterocycles. The summed E-state index contributed by atoms with van der Waals surface area (Å²) in [5, 5.41) is 8.39. The molecule has 9 heavy (non-hydrogen) atoms. The van der Waals surface area contributed by atoms with E-state index in [2.05, 4.69) is 20.9 Å². The highest BCUT2D eigenvalue weighted by Crippen LogP contribution is 2.18. The summed E-state index contributed by atoms with van der Waals surface area (Å²) in [7, 11) is 0. The van der Waals surface area contributed by atoms with Gasteiger partial charge in [-0.3, -0.25) is 0 Å². The molecule has 0 saturated heterocycles. The maximum Gasteiger partial charge on any atom is 0.348 e. The number of rotatable bonds is 1. The second-order valence-electron chi connectivity index (χ2n) is 1.28. The summed E-state index contributed by atoms with van der Waals surface area (Å²) >= 11 is 4.09. The van der Waals surface area contributed by atoms with Crippen molar-refractivity contribution < 1.29 is 9.90 Å². The Hall–Kier alpha value is -0.420. The van der Waals surface area contributed by atoms with Crippen LogP contribution in [0.4, 0.5) is 0 Å². The van der Waals surface area contributed by atoms with Crippen molar-refractivity contribution in [1.29, 1.82) is 0 Å². The molecule has 1 rings (SSSR count). The molecule has 0 aliphatic rings. The third kappa shape index (κ3) is 1.28. The molecule has 1 aromatic rings. The molecule has 0 aromatic carbocycles. The Morgan fingerprint density at radius 2 is 2.56 bits per heavy atom. The Kier molecular flexibility index (Phi) is 1.82. The number of thiazole rings is 1. The molecule has 0 radical (unpaired) electrons. The Balaban J connectivity index is 3.08. The summed E-state index contributed by atoms with van der Waals surface area (Å²) in [6.45, 7) is 0. The lowest BCUT2D eigenvalue weighted by Crippen LogP contribution is -1.91. The predicted octanol–water partition coefficient (Wildman–Crippen LogP) is 1.60. The van der Waals surface area contributed by atoms with Crippen LogP contribution in [0, 0.1) is 0 Å². The third-order valence-corrected chi connectivity index (χ3v) is 2.40. The van der Waals surface area contributed by atoms with Gasteiger partial charge in [-0.2, -0.15) is 0 Å². The monoisotopic (exact) mass is 207 g/mol. The first-order chi connectivity index (χ1) is 4.22. The molecule has 0 bridgehead atoms. The Labute approximate surface area is 63.5 Å². The minimum absolute atomic E-state index is 0.245. The highest BCUT2D eigenvalue weighted by molar-refractivity contribution is 9.10. The van der Waals surface area contributed by atoms with Crippen LogP contribution >= 0.6 is 27.3 Å². The van der Waals surface area contributed by atoms with E-state index >= 15 is 0 Å². The van der Waals surface area contributed by atoms with Crippen LogP contribution in [0.2, 0.25) is 0 Å². The van der Waals surface area contributed by atoms with E-state index in [0.717, 1.165) is 11.3 Å². The van der Waals surface area contributed by atoms with Crippen LogP contribution in [0.3, 0.4) is 0 Å². The number of halogens is 1. The van der Waals surface area contributed by atoms with Crippen molar-refractivity contribution in [2.75, 3.05) is 0 Å². The van der Waals surface area contributed by atoms with Crippen molar-refractivity contribution in [3.05, 3.63) is 15.0 Å². The van der Waals surface area contributed by atoms with Crippen LogP contribution in [-0.4, -0.2) is 16.1 Å². The van der Waals surface area contributed by atoms with Crippen molar-refractivity contribution in [3.8, 4) is 0 Å². The molecule has 0 amide bonds. The molecule has 1 N–H and O–H groups in total. The lowest BCUT2D eigenvalue weighted by Gasteiger charge is -1.82. The van der Waals surface area contributed by atoms with Crippen molar-refractivity contribution in [2.45, 2.75) is 0 Å². The van der Waals surface area contributed by atoms with Crippen LogP contribution in [0.5, 0.6) is 0 Å². The molecule has 0 unspecified atom stereocenters. The predicted molar refractivity (Wildman–Crippen MR) is 36.8 cm³/mol. The second kappa shape index (κ2) is 2.45. The summed E-state index contributed by atoms with van der Waals surface area (Å²) in [5.74, 6) is -0.940. The summed E-state index contributed by atoms with van der Waals surface area (Å²) < 4.78 is 0.403. The van der Waals surface area contributed by atoms with E-state index in [1.54, 1.807) is 0 Å². The largest absolute Gasteiger partial charge is 0.477 e. The number of carboxylic acids is 1. The fourth-order valence-corrected chi connectivity index (χ4v) is 1.57. The third-order valence-electron chi connectivity index (χ3n) is 0.718. The Bertz CT molecular complexity index is 234. The SMILES string of the molecule is O=C(O)c1scnc1Br. The van der Waals surface area contributed by atoms with Crippen LogP contribution in [0.1, 0.15) is 9.67 Å². The summed E-state index contributed by atoms with van der Waals surface area (Å²) in [6, 6.07) is 0. The average molecular weight is 208 g/mol. The molecule has 0 saturated carbocycles. The van der Waals surface area contributed by atoms with Gasteiger partial charge < -0.3 is 5.11 Å². The highest BCUT2D eigenvalue weighted by Gasteiger charge is 2.09. The zero-order valence-electron chi connectivity index (χ0n) is 4.17. The number of hydrogen-bond donors (Lipinski definition) is 1. The first kappa shape index (κ1) is 6.70. The number of aromatic carboxylic acids is 1. The fourth-order valence-electron chi connectivity index (χ4n) is 0.371. The van der Waals surface area contributed by atoms with Gasteiger partial charge in [-0.05, 0) is 15.9 Å². The van der Waals surface area contributed by atoms with E-state index in [-0.39, 0.29) is 4.88 Å². The average Bonchev–Trinajstić information content (AvgIpc) is 2.13. The minimum atomic E-state index is -0.940. The summed E-state index contributed by atoms with van der Waals surface area (Å²) in [4.78, 5) is 14.2. The van der Waals surface area contributed by atoms with Gasteiger partial charge in [0.15, 0.2) is 0 Å². The molecule has 1 heterocycles. The Morgan fingerprint density at radius 1 is 1.89 bits per heavy atom. The smallest absolute Gasteiger partial charge is 0.348 e. The number of carboxylic acid groups (broad SMARTS) is 1. The lowest BCUT2D eigenvalue weighted by atomic mass is 10.6. The molecule has 0 aliphatic carbocycles. The van der Waals surface area contributed by atoms with Crippen molar-refractivity contribution >= 4 is 33.2 Å². The van der Waals surface area contributed by atoms with Gasteiger partial charge in [-0.15, -0.1) is 11.3 Å². The molecule has 1 aromatic heterocycles. The maximum atomic E-state index is 10.2. The number of carbonyl (C=O) groups is 1. The molecule has 0 fully saturated rings. The quantitative estimate of drug-likeness (QED) is 0.762. The number of aromatic nitrogens is 1. The van der Waals surface area contributed by atoms with Crippen LogP contribution in [0.15, 0.2) is 10.1 Å². The van der Waals surface area contributed by atoms with Gasteiger partial charge in [-0.1, -0.05) is 0 Å². The van der Waals surface area contributed by atoms with E-state index in [1.165, 1.54) is 5.51 Å². The van der Waals surface area contributed by atoms with Crippen LogP contribution in [-0.2, 0) is 0 Å². The molecular weight excluding hydrogens is 206 g/mol. The summed E-state index contributed by atoms with van der Waals surface area (Å²) in [6.07, 6.45) is 0. The topological polar surface area (TPSA) is 50.2 Å². The van der Waals surface area contributed by atoms with E-state index in [9.17, 15) is 4.79 Å². The van der Waals surface area contributed by atoms with Crippen molar-refractivity contribution in [2.24, 2.45) is 0 Å². The molecular formula is C4H2BrNO2S.